The van der Waals surface area contributed by atoms with Gasteiger partial charge in [-0.15, -0.1) is 0 Å². The van der Waals surface area contributed by atoms with Gasteiger partial charge in [-0.25, -0.2) is 0 Å². The minimum absolute atomic E-state index is 0.513. The first-order valence-corrected chi connectivity index (χ1v) is 7.03. The van der Waals surface area contributed by atoms with Crippen molar-refractivity contribution in [2.24, 2.45) is 5.92 Å². The van der Waals surface area contributed by atoms with Gasteiger partial charge >= 0.3 is 0 Å². The van der Waals surface area contributed by atoms with Crippen LogP contribution in [0.2, 0.25) is 0 Å². The summed E-state index contributed by atoms with van der Waals surface area (Å²) >= 11 is 0. The summed E-state index contributed by atoms with van der Waals surface area (Å²) in [5.41, 5.74) is 1.47. The SMILES string of the molecule is CCCNC(C1=COCCC1)C1CCOCC1. The summed E-state index contributed by atoms with van der Waals surface area (Å²) in [4.78, 5) is 0. The van der Waals surface area contributed by atoms with E-state index in [0.29, 0.717) is 6.04 Å². The van der Waals surface area contributed by atoms with Crippen LogP contribution in [-0.4, -0.2) is 32.4 Å². The second-order valence-corrected chi connectivity index (χ2v) is 5.05. The van der Waals surface area contributed by atoms with Crippen molar-refractivity contribution in [2.75, 3.05) is 26.4 Å². The van der Waals surface area contributed by atoms with Crippen molar-refractivity contribution in [1.82, 2.24) is 5.32 Å². The Hall–Kier alpha value is -0.540. The summed E-state index contributed by atoms with van der Waals surface area (Å²) in [7, 11) is 0. The molecule has 0 aromatic heterocycles. The number of hydrogen-bond acceptors (Lipinski definition) is 3. The van der Waals surface area contributed by atoms with Crippen LogP contribution >= 0.6 is 0 Å². The number of hydrogen-bond donors (Lipinski definition) is 1. The van der Waals surface area contributed by atoms with Crippen LogP contribution in [0.25, 0.3) is 0 Å². The molecule has 0 bridgehead atoms. The Labute approximate surface area is 105 Å². The van der Waals surface area contributed by atoms with Crippen LogP contribution in [0.5, 0.6) is 0 Å². The van der Waals surface area contributed by atoms with Gasteiger partial charge in [-0.1, -0.05) is 6.92 Å². The quantitative estimate of drug-likeness (QED) is 0.799. The monoisotopic (exact) mass is 239 g/mol. The summed E-state index contributed by atoms with van der Waals surface area (Å²) in [6.07, 6.45) is 7.91. The van der Waals surface area contributed by atoms with E-state index in [4.69, 9.17) is 9.47 Å². The third-order valence-corrected chi connectivity index (χ3v) is 3.71. The smallest absolute Gasteiger partial charge is 0.0876 e. The first-order valence-electron chi connectivity index (χ1n) is 7.03. The van der Waals surface area contributed by atoms with Gasteiger partial charge in [0.15, 0.2) is 0 Å². The molecule has 0 aromatic rings. The second kappa shape index (κ2) is 7.02. The van der Waals surface area contributed by atoms with Crippen LogP contribution in [-0.2, 0) is 9.47 Å². The highest BCUT2D eigenvalue weighted by molar-refractivity contribution is 5.12. The number of nitrogens with one attached hydrogen (secondary N) is 1. The molecule has 3 heteroatoms. The molecule has 2 rings (SSSR count). The molecule has 1 atom stereocenters. The van der Waals surface area contributed by atoms with E-state index in [9.17, 15) is 0 Å². The fraction of sp³-hybridized carbons (Fsp3) is 0.857. The maximum absolute atomic E-state index is 5.50. The van der Waals surface area contributed by atoms with Gasteiger partial charge in [-0.3, -0.25) is 0 Å². The zero-order valence-electron chi connectivity index (χ0n) is 10.9. The molecule has 0 aromatic carbocycles. The first kappa shape index (κ1) is 12.9. The third-order valence-electron chi connectivity index (χ3n) is 3.71. The Morgan fingerprint density at radius 3 is 2.82 bits per heavy atom. The zero-order chi connectivity index (χ0) is 11.9. The lowest BCUT2D eigenvalue weighted by molar-refractivity contribution is 0.0563. The highest BCUT2D eigenvalue weighted by Gasteiger charge is 2.27. The molecule has 2 heterocycles. The molecule has 0 saturated carbocycles. The summed E-state index contributed by atoms with van der Waals surface area (Å²) in [5.74, 6) is 0.725. The minimum atomic E-state index is 0.513. The molecule has 1 N–H and O–H groups in total. The van der Waals surface area contributed by atoms with E-state index in [-0.39, 0.29) is 0 Å². The standard InChI is InChI=1S/C14H25NO2/c1-2-7-15-14(12-5-9-16-10-6-12)13-4-3-8-17-11-13/h11-12,14-15H,2-10H2,1H3. The van der Waals surface area contributed by atoms with Gasteiger partial charge in [-0.05, 0) is 50.1 Å². The van der Waals surface area contributed by atoms with Gasteiger partial charge in [-0.2, -0.15) is 0 Å². The summed E-state index contributed by atoms with van der Waals surface area (Å²) in [6, 6.07) is 0.513. The Morgan fingerprint density at radius 1 is 1.35 bits per heavy atom. The molecule has 17 heavy (non-hydrogen) atoms. The Morgan fingerprint density at radius 2 is 2.18 bits per heavy atom. The van der Waals surface area contributed by atoms with E-state index in [2.05, 4.69) is 12.2 Å². The molecule has 3 nitrogen and oxygen atoms in total. The van der Waals surface area contributed by atoms with E-state index in [1.807, 2.05) is 6.26 Å². The average molecular weight is 239 g/mol. The minimum Gasteiger partial charge on any atom is -0.501 e. The highest BCUT2D eigenvalue weighted by Crippen LogP contribution is 2.27. The van der Waals surface area contributed by atoms with Gasteiger partial charge < -0.3 is 14.8 Å². The molecule has 0 spiro atoms. The lowest BCUT2D eigenvalue weighted by atomic mass is 9.85. The van der Waals surface area contributed by atoms with Crippen molar-refractivity contribution < 1.29 is 9.47 Å². The fourth-order valence-electron chi connectivity index (χ4n) is 2.76. The number of ether oxygens (including phenoxy) is 2. The van der Waals surface area contributed by atoms with Gasteiger partial charge in [0.25, 0.3) is 0 Å². The molecule has 98 valence electrons. The molecule has 1 fully saturated rings. The Balaban J connectivity index is 1.97. The largest absolute Gasteiger partial charge is 0.501 e. The van der Waals surface area contributed by atoms with Crippen LogP contribution in [0.3, 0.4) is 0 Å². The van der Waals surface area contributed by atoms with Crippen molar-refractivity contribution in [3.05, 3.63) is 11.8 Å². The van der Waals surface area contributed by atoms with Crippen LogP contribution in [0.15, 0.2) is 11.8 Å². The molecule has 1 saturated heterocycles. The highest BCUT2D eigenvalue weighted by atomic mass is 16.5. The number of rotatable bonds is 5. The van der Waals surface area contributed by atoms with Crippen molar-refractivity contribution in [1.29, 1.82) is 0 Å². The molecule has 2 aliphatic heterocycles. The predicted octanol–water partition coefficient (Wildman–Crippen LogP) is 2.48. The van der Waals surface area contributed by atoms with Crippen LogP contribution < -0.4 is 5.32 Å². The van der Waals surface area contributed by atoms with Crippen LogP contribution in [0.4, 0.5) is 0 Å². The fourth-order valence-corrected chi connectivity index (χ4v) is 2.76. The predicted molar refractivity (Wildman–Crippen MR) is 68.9 cm³/mol. The first-order chi connectivity index (χ1) is 8.42. The van der Waals surface area contributed by atoms with E-state index in [1.165, 1.54) is 37.7 Å². The average Bonchev–Trinajstić information content (AvgIpc) is 2.42. The second-order valence-electron chi connectivity index (χ2n) is 5.05. The lowest BCUT2D eigenvalue weighted by Gasteiger charge is -2.33. The molecule has 1 unspecified atom stereocenters. The van der Waals surface area contributed by atoms with Gasteiger partial charge in [0.1, 0.15) is 0 Å². The van der Waals surface area contributed by atoms with E-state index in [1.54, 1.807) is 0 Å². The maximum atomic E-state index is 5.50. The van der Waals surface area contributed by atoms with Gasteiger partial charge in [0.05, 0.1) is 12.9 Å². The molecule has 0 radical (unpaired) electrons. The van der Waals surface area contributed by atoms with E-state index >= 15 is 0 Å². The van der Waals surface area contributed by atoms with Crippen molar-refractivity contribution in [3.8, 4) is 0 Å². The summed E-state index contributed by atoms with van der Waals surface area (Å²) < 4.78 is 11.0. The van der Waals surface area contributed by atoms with E-state index in [0.717, 1.165) is 32.3 Å². The molecular formula is C14H25NO2. The summed E-state index contributed by atoms with van der Waals surface area (Å²) in [6.45, 7) is 6.04. The van der Waals surface area contributed by atoms with E-state index < -0.39 is 0 Å². The van der Waals surface area contributed by atoms with Crippen molar-refractivity contribution >= 4 is 0 Å². The lowest BCUT2D eigenvalue weighted by Crippen LogP contribution is -2.41. The van der Waals surface area contributed by atoms with Gasteiger partial charge in [0, 0.05) is 19.3 Å². The Bertz CT molecular complexity index is 247. The molecular weight excluding hydrogens is 214 g/mol. The molecule has 2 aliphatic rings. The zero-order valence-corrected chi connectivity index (χ0v) is 10.9. The molecule has 0 aliphatic carbocycles. The molecule has 0 amide bonds. The normalized spacial score (nSPS) is 23.9. The van der Waals surface area contributed by atoms with Gasteiger partial charge in [0.2, 0.25) is 0 Å². The Kier molecular flexibility index (Phi) is 5.33. The van der Waals surface area contributed by atoms with Crippen molar-refractivity contribution in [3.63, 3.8) is 0 Å². The third kappa shape index (κ3) is 3.71. The van der Waals surface area contributed by atoms with Crippen LogP contribution in [0, 0.1) is 5.92 Å². The maximum Gasteiger partial charge on any atom is 0.0876 e. The topological polar surface area (TPSA) is 30.5 Å². The van der Waals surface area contributed by atoms with Crippen LogP contribution in [0.1, 0.15) is 39.0 Å². The summed E-state index contributed by atoms with van der Waals surface area (Å²) in [5, 5.41) is 3.70. The van der Waals surface area contributed by atoms with Crippen molar-refractivity contribution in [2.45, 2.75) is 45.1 Å².